The number of nitrogen functional groups attached to an aromatic ring is 1. The molecule has 0 radical (unpaired) electrons. The van der Waals surface area contributed by atoms with Crippen molar-refractivity contribution in [3.05, 3.63) is 24.0 Å². The minimum Gasteiger partial charge on any atom is -0.324 e. The van der Waals surface area contributed by atoms with Crippen LogP contribution in [-0.2, 0) is 6.54 Å². The Morgan fingerprint density at radius 3 is 3.11 bits per heavy atom. The van der Waals surface area contributed by atoms with Crippen molar-refractivity contribution >= 4 is 17.4 Å². The molecule has 18 heavy (non-hydrogen) atoms. The number of nitrogens with zero attached hydrogens (tertiary/aromatic N) is 2. The van der Waals surface area contributed by atoms with E-state index in [0.717, 1.165) is 31.0 Å². The van der Waals surface area contributed by atoms with E-state index >= 15 is 0 Å². The first kappa shape index (κ1) is 13.6. The van der Waals surface area contributed by atoms with Crippen LogP contribution in [0.1, 0.15) is 26.0 Å². The van der Waals surface area contributed by atoms with Crippen molar-refractivity contribution < 1.29 is 0 Å². The zero-order valence-corrected chi connectivity index (χ0v) is 12.0. The second-order valence-electron chi connectivity index (χ2n) is 5.31. The monoisotopic (exact) mass is 266 g/mol. The van der Waals surface area contributed by atoms with Gasteiger partial charge >= 0.3 is 0 Å². The third-order valence-electron chi connectivity index (χ3n) is 3.30. The molecule has 1 aromatic rings. The van der Waals surface area contributed by atoms with Gasteiger partial charge in [-0.05, 0) is 25.1 Å². The summed E-state index contributed by atoms with van der Waals surface area (Å²) in [6.45, 7) is 7.85. The van der Waals surface area contributed by atoms with Gasteiger partial charge in [0.05, 0.1) is 11.4 Å². The Balaban J connectivity index is 1.96. The standard InChI is InChI=1S/C13H22N4S/c1-13(2)4-6-17(7-8-18-13)10-12-9-11(16-14)3-5-15-12/h3,5,9H,4,6-8,10,14H2,1-2H3,(H,15,16). The Kier molecular flexibility index (Phi) is 4.48. The van der Waals surface area contributed by atoms with E-state index in [2.05, 4.69) is 40.9 Å². The highest BCUT2D eigenvalue weighted by atomic mass is 32.2. The number of nitrogens with one attached hydrogen (secondary N) is 1. The quantitative estimate of drug-likeness (QED) is 0.648. The normalized spacial score (nSPS) is 20.4. The Morgan fingerprint density at radius 2 is 2.33 bits per heavy atom. The summed E-state index contributed by atoms with van der Waals surface area (Å²) in [6.07, 6.45) is 3.04. The molecule has 0 aromatic carbocycles. The molecule has 1 aliphatic rings. The summed E-state index contributed by atoms with van der Waals surface area (Å²) >= 11 is 2.07. The SMILES string of the molecule is CC1(C)CCN(Cc2cc(NN)ccn2)CCS1. The van der Waals surface area contributed by atoms with E-state index in [-0.39, 0.29) is 0 Å². The predicted molar refractivity (Wildman–Crippen MR) is 78.5 cm³/mol. The van der Waals surface area contributed by atoms with Crippen LogP contribution >= 0.6 is 11.8 Å². The van der Waals surface area contributed by atoms with Crippen LogP contribution in [-0.4, -0.2) is 33.5 Å². The fraction of sp³-hybridized carbons (Fsp3) is 0.615. The van der Waals surface area contributed by atoms with Gasteiger partial charge in [0.15, 0.2) is 0 Å². The number of hydrogen-bond acceptors (Lipinski definition) is 5. The van der Waals surface area contributed by atoms with Gasteiger partial charge in [-0.25, -0.2) is 0 Å². The van der Waals surface area contributed by atoms with E-state index in [1.54, 1.807) is 6.20 Å². The third-order valence-corrected chi connectivity index (χ3v) is 4.67. The van der Waals surface area contributed by atoms with E-state index < -0.39 is 0 Å². The minimum atomic E-state index is 0.406. The van der Waals surface area contributed by atoms with Crippen molar-refractivity contribution in [2.24, 2.45) is 5.84 Å². The molecule has 1 saturated heterocycles. The lowest BCUT2D eigenvalue weighted by molar-refractivity contribution is 0.273. The first-order chi connectivity index (χ1) is 8.59. The highest BCUT2D eigenvalue weighted by molar-refractivity contribution is 8.00. The largest absolute Gasteiger partial charge is 0.324 e. The van der Waals surface area contributed by atoms with Crippen LogP contribution in [0.25, 0.3) is 0 Å². The van der Waals surface area contributed by atoms with Gasteiger partial charge in [0.2, 0.25) is 0 Å². The maximum Gasteiger partial charge on any atom is 0.0564 e. The fourth-order valence-electron chi connectivity index (χ4n) is 2.10. The van der Waals surface area contributed by atoms with Crippen LogP contribution in [0.15, 0.2) is 18.3 Å². The van der Waals surface area contributed by atoms with Crippen LogP contribution in [0.4, 0.5) is 5.69 Å². The number of hydrazine groups is 1. The topological polar surface area (TPSA) is 54.2 Å². The molecule has 4 nitrogen and oxygen atoms in total. The second-order valence-corrected chi connectivity index (χ2v) is 7.12. The molecule has 0 saturated carbocycles. The van der Waals surface area contributed by atoms with Gasteiger partial charge in [-0.15, -0.1) is 0 Å². The van der Waals surface area contributed by atoms with Gasteiger partial charge in [0, 0.05) is 29.8 Å². The minimum absolute atomic E-state index is 0.406. The summed E-state index contributed by atoms with van der Waals surface area (Å²) < 4.78 is 0.406. The van der Waals surface area contributed by atoms with Gasteiger partial charge in [-0.3, -0.25) is 15.7 Å². The fourth-order valence-corrected chi connectivity index (χ4v) is 3.24. The molecule has 0 atom stereocenters. The van der Waals surface area contributed by atoms with Crippen molar-refractivity contribution in [1.82, 2.24) is 9.88 Å². The van der Waals surface area contributed by atoms with Crippen molar-refractivity contribution in [3.63, 3.8) is 0 Å². The molecule has 1 aromatic heterocycles. The number of nitrogens with two attached hydrogens (primary N) is 1. The van der Waals surface area contributed by atoms with Crippen LogP contribution in [0.2, 0.25) is 0 Å². The van der Waals surface area contributed by atoms with E-state index in [9.17, 15) is 0 Å². The van der Waals surface area contributed by atoms with Crippen molar-refractivity contribution in [2.45, 2.75) is 31.6 Å². The number of pyridine rings is 1. The second kappa shape index (κ2) is 5.91. The number of hydrogen-bond donors (Lipinski definition) is 2. The van der Waals surface area contributed by atoms with E-state index in [1.165, 1.54) is 12.2 Å². The molecular weight excluding hydrogens is 244 g/mol. The number of aromatic nitrogens is 1. The molecule has 5 heteroatoms. The maximum absolute atomic E-state index is 5.42. The Morgan fingerprint density at radius 1 is 1.50 bits per heavy atom. The summed E-state index contributed by atoms with van der Waals surface area (Å²) in [6, 6.07) is 3.90. The molecule has 3 N–H and O–H groups in total. The molecule has 1 aliphatic heterocycles. The van der Waals surface area contributed by atoms with Crippen molar-refractivity contribution in [3.8, 4) is 0 Å². The lowest BCUT2D eigenvalue weighted by Crippen LogP contribution is -2.27. The summed E-state index contributed by atoms with van der Waals surface area (Å²) in [5, 5.41) is 0. The molecule has 0 unspecified atom stereocenters. The third kappa shape index (κ3) is 3.86. The molecule has 0 spiro atoms. The molecule has 1 fully saturated rings. The molecule has 2 rings (SSSR count). The molecule has 2 heterocycles. The van der Waals surface area contributed by atoms with Crippen LogP contribution in [0.3, 0.4) is 0 Å². The van der Waals surface area contributed by atoms with E-state index in [0.29, 0.717) is 4.75 Å². The smallest absolute Gasteiger partial charge is 0.0564 e. The summed E-state index contributed by atoms with van der Waals surface area (Å²) in [7, 11) is 0. The van der Waals surface area contributed by atoms with Gasteiger partial charge < -0.3 is 5.43 Å². The average molecular weight is 266 g/mol. The van der Waals surface area contributed by atoms with Gasteiger partial charge in [0.1, 0.15) is 0 Å². The highest BCUT2D eigenvalue weighted by Crippen LogP contribution is 2.30. The first-order valence-corrected chi connectivity index (χ1v) is 7.35. The zero-order valence-electron chi connectivity index (χ0n) is 11.1. The molecular formula is C13H22N4S. The summed E-state index contributed by atoms with van der Waals surface area (Å²) in [5.74, 6) is 6.61. The Labute approximate surface area is 113 Å². The first-order valence-electron chi connectivity index (χ1n) is 6.37. The van der Waals surface area contributed by atoms with Gasteiger partial charge in [-0.2, -0.15) is 11.8 Å². The summed E-state index contributed by atoms with van der Waals surface area (Å²) in [4.78, 5) is 6.88. The predicted octanol–water partition coefficient (Wildman–Crippen LogP) is 2.08. The van der Waals surface area contributed by atoms with Crippen LogP contribution in [0, 0.1) is 0 Å². The number of anilines is 1. The highest BCUT2D eigenvalue weighted by Gasteiger charge is 2.23. The number of thioether (sulfide) groups is 1. The Hall–Kier alpha value is -0.780. The van der Waals surface area contributed by atoms with Crippen molar-refractivity contribution in [2.75, 3.05) is 24.3 Å². The van der Waals surface area contributed by atoms with Gasteiger partial charge in [-0.1, -0.05) is 13.8 Å². The lowest BCUT2D eigenvalue weighted by Gasteiger charge is -2.22. The average Bonchev–Trinajstić information content (AvgIpc) is 2.51. The molecule has 100 valence electrons. The Bertz CT molecular complexity index is 394. The van der Waals surface area contributed by atoms with E-state index in [1.807, 2.05) is 12.1 Å². The zero-order chi connectivity index (χ0) is 13.0. The maximum atomic E-state index is 5.42. The number of rotatable bonds is 3. The molecule has 0 aliphatic carbocycles. The van der Waals surface area contributed by atoms with Crippen LogP contribution < -0.4 is 11.3 Å². The van der Waals surface area contributed by atoms with Crippen molar-refractivity contribution in [1.29, 1.82) is 0 Å². The lowest BCUT2D eigenvalue weighted by atomic mass is 10.1. The van der Waals surface area contributed by atoms with Gasteiger partial charge in [0.25, 0.3) is 0 Å². The van der Waals surface area contributed by atoms with Crippen LogP contribution in [0.5, 0.6) is 0 Å². The summed E-state index contributed by atoms with van der Waals surface area (Å²) in [5.41, 5.74) is 4.67. The molecule has 0 bridgehead atoms. The van der Waals surface area contributed by atoms with E-state index in [4.69, 9.17) is 5.84 Å². The molecule has 0 amide bonds.